The normalized spacial score (nSPS) is 13.3. The van der Waals surface area contributed by atoms with Crippen molar-refractivity contribution in [2.24, 2.45) is 10.7 Å². The number of Topliss-reactive ketones (excluding diaryl/α,β-unsaturated/α-hetero) is 1. The minimum Gasteiger partial charge on any atom is -0.481 e. The molecule has 0 saturated heterocycles. The Morgan fingerprint density at radius 2 is 1.97 bits per heavy atom. The highest BCUT2D eigenvalue weighted by Gasteiger charge is 2.31. The summed E-state index contributed by atoms with van der Waals surface area (Å²) in [6.07, 6.45) is -0.309. The van der Waals surface area contributed by atoms with Crippen LogP contribution in [0.1, 0.15) is 44.0 Å². The van der Waals surface area contributed by atoms with Gasteiger partial charge in [0, 0.05) is 17.5 Å². The largest absolute Gasteiger partial charge is 0.481 e. The first kappa shape index (κ1) is 18.6. The number of carboxylic acids is 1. The number of aryl methyl sites for hydroxylation is 1. The molecular weight excluding hydrogens is 370 g/mol. The number of aromatic nitrogens is 1. The number of aliphatic carboxylic acids is 1. The van der Waals surface area contributed by atoms with Gasteiger partial charge in [-0.2, -0.15) is 0 Å². The molecule has 0 saturated carbocycles. The summed E-state index contributed by atoms with van der Waals surface area (Å²) < 4.78 is 1.87. The number of primary amides is 1. The molecule has 7 heteroatoms. The van der Waals surface area contributed by atoms with Crippen molar-refractivity contribution in [2.75, 3.05) is 6.54 Å². The number of amides is 1. The van der Waals surface area contributed by atoms with Gasteiger partial charge in [-0.05, 0) is 24.6 Å². The van der Waals surface area contributed by atoms with E-state index in [1.807, 2.05) is 41.8 Å². The summed E-state index contributed by atoms with van der Waals surface area (Å²) in [6, 6.07) is 13.0. The Morgan fingerprint density at radius 1 is 1.21 bits per heavy atom. The molecule has 3 aromatic rings. The lowest BCUT2D eigenvalue weighted by Gasteiger charge is -2.16. The van der Waals surface area contributed by atoms with Crippen LogP contribution in [0, 0.1) is 6.92 Å². The van der Waals surface area contributed by atoms with Gasteiger partial charge in [-0.1, -0.05) is 35.9 Å². The number of carbonyl (C=O) groups excluding carboxylic acids is 2. The number of nitrogens with zero attached hydrogens (tertiary/aromatic N) is 2. The second-order valence-corrected chi connectivity index (χ2v) is 7.12. The molecule has 2 heterocycles. The van der Waals surface area contributed by atoms with E-state index < -0.39 is 11.9 Å². The van der Waals surface area contributed by atoms with Crippen molar-refractivity contribution in [3.05, 3.63) is 70.4 Å². The molecule has 0 aliphatic carbocycles. The molecule has 2 aromatic carbocycles. The van der Waals surface area contributed by atoms with Crippen LogP contribution >= 0.6 is 0 Å². The lowest BCUT2D eigenvalue weighted by molar-refractivity contribution is -0.135. The molecule has 0 radical (unpaired) electrons. The van der Waals surface area contributed by atoms with Crippen molar-refractivity contribution in [1.29, 1.82) is 0 Å². The molecule has 0 bridgehead atoms. The Labute approximate surface area is 166 Å². The summed E-state index contributed by atoms with van der Waals surface area (Å²) in [6.45, 7) is 2.24. The van der Waals surface area contributed by atoms with Crippen molar-refractivity contribution in [3.8, 4) is 0 Å². The van der Waals surface area contributed by atoms with Crippen LogP contribution in [0.2, 0.25) is 0 Å². The van der Waals surface area contributed by atoms with E-state index >= 15 is 0 Å². The first-order chi connectivity index (χ1) is 13.9. The predicted molar refractivity (Wildman–Crippen MR) is 109 cm³/mol. The summed E-state index contributed by atoms with van der Waals surface area (Å²) in [4.78, 5) is 40.5. The molecule has 0 atom stereocenters. The summed E-state index contributed by atoms with van der Waals surface area (Å²) in [5.41, 5.74) is 9.65. The standard InChI is InChI=1S/C22H19N3O4/c1-12-4-2-5-13(8-12)11-25-16-7-3-6-14(22(23)29)19(16)20-17(26)10-24-15(21(20)25)9-18(27)28/h2-8H,9-11H2,1H3,(H2,23,29)(H,27,28). The third-order valence-electron chi connectivity index (χ3n) is 5.06. The molecule has 0 fully saturated rings. The number of ketones is 1. The molecular formula is C22H19N3O4. The number of rotatable bonds is 5. The minimum atomic E-state index is -1.04. The summed E-state index contributed by atoms with van der Waals surface area (Å²) >= 11 is 0. The molecule has 29 heavy (non-hydrogen) atoms. The number of aliphatic imine (C=N–C) groups is 1. The van der Waals surface area contributed by atoms with Crippen LogP contribution in [0.4, 0.5) is 0 Å². The number of nitrogens with two attached hydrogens (primary N) is 1. The van der Waals surface area contributed by atoms with E-state index in [2.05, 4.69) is 4.99 Å². The van der Waals surface area contributed by atoms with Gasteiger partial charge in [0.25, 0.3) is 0 Å². The van der Waals surface area contributed by atoms with Crippen molar-refractivity contribution >= 4 is 34.3 Å². The van der Waals surface area contributed by atoms with Crippen LogP contribution in [0.15, 0.2) is 47.5 Å². The Bertz CT molecular complexity index is 1220. The van der Waals surface area contributed by atoms with Gasteiger partial charge in [-0.15, -0.1) is 0 Å². The lowest BCUT2D eigenvalue weighted by Crippen LogP contribution is -2.24. The predicted octanol–water partition coefficient (Wildman–Crippen LogP) is 2.56. The van der Waals surface area contributed by atoms with Crippen molar-refractivity contribution in [2.45, 2.75) is 19.9 Å². The van der Waals surface area contributed by atoms with Gasteiger partial charge in [0.05, 0.1) is 28.9 Å². The van der Waals surface area contributed by atoms with Gasteiger partial charge in [0.15, 0.2) is 5.78 Å². The monoisotopic (exact) mass is 389 g/mol. The smallest absolute Gasteiger partial charge is 0.309 e. The third-order valence-corrected chi connectivity index (χ3v) is 5.06. The second kappa shape index (κ2) is 7.01. The highest BCUT2D eigenvalue weighted by Crippen LogP contribution is 2.33. The molecule has 0 unspecified atom stereocenters. The van der Waals surface area contributed by atoms with E-state index in [1.165, 1.54) is 0 Å². The van der Waals surface area contributed by atoms with Gasteiger partial charge >= 0.3 is 5.97 Å². The molecule has 146 valence electrons. The lowest BCUT2D eigenvalue weighted by atomic mass is 9.96. The summed E-state index contributed by atoms with van der Waals surface area (Å²) in [7, 11) is 0. The highest BCUT2D eigenvalue weighted by molar-refractivity contribution is 6.26. The molecule has 0 spiro atoms. The maximum Gasteiger partial charge on any atom is 0.309 e. The maximum absolute atomic E-state index is 12.8. The topological polar surface area (TPSA) is 115 Å². The first-order valence-electron chi connectivity index (χ1n) is 9.16. The van der Waals surface area contributed by atoms with E-state index in [9.17, 15) is 19.5 Å². The van der Waals surface area contributed by atoms with Crippen LogP contribution in [0.3, 0.4) is 0 Å². The number of benzene rings is 2. The zero-order chi connectivity index (χ0) is 20.7. The average Bonchev–Trinajstić information content (AvgIpc) is 2.99. The van der Waals surface area contributed by atoms with Gasteiger partial charge in [0.2, 0.25) is 5.91 Å². The average molecular weight is 389 g/mol. The Balaban J connectivity index is 2.05. The van der Waals surface area contributed by atoms with Crippen molar-refractivity contribution in [3.63, 3.8) is 0 Å². The Kier molecular flexibility index (Phi) is 4.50. The molecule has 1 aromatic heterocycles. The van der Waals surface area contributed by atoms with Crippen molar-refractivity contribution < 1.29 is 19.5 Å². The zero-order valence-electron chi connectivity index (χ0n) is 15.8. The number of hydrogen-bond donors (Lipinski definition) is 2. The Hall–Kier alpha value is -3.74. The van der Waals surface area contributed by atoms with Crippen LogP contribution in [0.25, 0.3) is 10.9 Å². The van der Waals surface area contributed by atoms with Crippen LogP contribution in [0.5, 0.6) is 0 Å². The maximum atomic E-state index is 12.8. The summed E-state index contributed by atoms with van der Waals surface area (Å²) in [5, 5.41) is 9.81. The summed E-state index contributed by atoms with van der Waals surface area (Å²) in [5.74, 6) is -1.93. The van der Waals surface area contributed by atoms with E-state index in [0.29, 0.717) is 34.4 Å². The second-order valence-electron chi connectivity index (χ2n) is 7.12. The van der Waals surface area contributed by atoms with Crippen molar-refractivity contribution in [1.82, 2.24) is 4.57 Å². The number of hydrogen-bond acceptors (Lipinski definition) is 4. The number of fused-ring (bicyclic) bond motifs is 3. The first-order valence-corrected chi connectivity index (χ1v) is 9.16. The molecule has 1 amide bonds. The van der Waals surface area contributed by atoms with E-state index in [-0.39, 0.29) is 24.3 Å². The molecule has 7 nitrogen and oxygen atoms in total. The quantitative estimate of drug-likeness (QED) is 0.698. The number of carbonyl (C=O) groups is 3. The van der Waals surface area contributed by atoms with Crippen LogP contribution in [-0.4, -0.2) is 39.6 Å². The van der Waals surface area contributed by atoms with Gasteiger partial charge in [-0.25, -0.2) is 0 Å². The Morgan fingerprint density at radius 3 is 2.66 bits per heavy atom. The van der Waals surface area contributed by atoms with Crippen LogP contribution in [-0.2, 0) is 11.3 Å². The fourth-order valence-corrected chi connectivity index (χ4v) is 3.94. The highest BCUT2D eigenvalue weighted by atomic mass is 16.4. The molecule has 3 N–H and O–H groups in total. The molecule has 4 rings (SSSR count). The van der Waals surface area contributed by atoms with Gasteiger partial charge in [0.1, 0.15) is 6.54 Å². The SMILES string of the molecule is Cc1cccc(Cn2c3c(c4c(C(N)=O)cccc42)C(=O)CN=C3CC(=O)O)c1. The molecule has 1 aliphatic rings. The minimum absolute atomic E-state index is 0.147. The molecule has 1 aliphatic heterocycles. The zero-order valence-corrected chi connectivity index (χ0v) is 15.8. The fourth-order valence-electron chi connectivity index (χ4n) is 3.94. The van der Waals surface area contributed by atoms with E-state index in [1.54, 1.807) is 12.1 Å². The van der Waals surface area contributed by atoms with Gasteiger partial charge in [-0.3, -0.25) is 19.4 Å². The van der Waals surface area contributed by atoms with E-state index in [0.717, 1.165) is 11.1 Å². The van der Waals surface area contributed by atoms with Gasteiger partial charge < -0.3 is 15.4 Å². The number of carboxylic acid groups (broad SMARTS) is 1. The van der Waals surface area contributed by atoms with E-state index in [4.69, 9.17) is 5.73 Å². The fraction of sp³-hybridized carbons (Fsp3) is 0.182. The third kappa shape index (κ3) is 3.20. The van der Waals surface area contributed by atoms with Crippen LogP contribution < -0.4 is 5.73 Å².